The highest BCUT2D eigenvalue weighted by molar-refractivity contribution is 5.99. The summed E-state index contributed by atoms with van der Waals surface area (Å²) >= 11 is 0. The van der Waals surface area contributed by atoms with Crippen LogP contribution in [0.2, 0.25) is 0 Å². The molecule has 1 N–H and O–H groups in total. The second-order valence-electron chi connectivity index (χ2n) is 10.8. The van der Waals surface area contributed by atoms with Gasteiger partial charge >= 0.3 is 12.1 Å². The lowest BCUT2D eigenvalue weighted by molar-refractivity contribution is -0.144. The number of amides is 1. The van der Waals surface area contributed by atoms with Crippen molar-refractivity contribution in [2.75, 3.05) is 0 Å². The second-order valence-corrected chi connectivity index (χ2v) is 10.8. The average Bonchev–Trinajstić information content (AvgIpc) is 2.84. The highest BCUT2D eigenvalue weighted by Crippen LogP contribution is 2.48. The summed E-state index contributed by atoms with van der Waals surface area (Å²) < 4.78 is 0. The molecule has 3 rings (SSSR count). The summed E-state index contributed by atoms with van der Waals surface area (Å²) in [5.41, 5.74) is 2.95. The molecule has 0 bridgehead atoms. The maximum atomic E-state index is 12.5. The molecule has 7 heteroatoms. The molecule has 1 fully saturated rings. The summed E-state index contributed by atoms with van der Waals surface area (Å²) in [5, 5.41) is 11.0. The fourth-order valence-corrected chi connectivity index (χ4v) is 5.26. The van der Waals surface area contributed by atoms with Crippen LogP contribution in [0.3, 0.4) is 0 Å². The number of nitrogens with zero attached hydrogens (tertiary/aromatic N) is 2. The first-order valence-corrected chi connectivity index (χ1v) is 12.4. The maximum absolute atomic E-state index is 12.5. The van der Waals surface area contributed by atoms with Crippen molar-refractivity contribution in [1.82, 2.24) is 5.32 Å². The maximum Gasteiger partial charge on any atom is 0.433 e. The molecule has 192 valence electrons. The van der Waals surface area contributed by atoms with Crippen LogP contribution in [0.4, 0.5) is 4.79 Å². The SMILES string of the molecule is C/C(=N\OC(=O)CCC1(C)CC(NC(=O)O/N=C(\C)c2ccccc2)CC(C)(C)C1)c1ccccc1. The number of hydrogen-bond acceptors (Lipinski definition) is 6. The van der Waals surface area contributed by atoms with Gasteiger partial charge in [-0.25, -0.2) is 9.59 Å². The van der Waals surface area contributed by atoms with Gasteiger partial charge in [0.25, 0.3) is 0 Å². The smallest absolute Gasteiger partial charge is 0.318 e. The Balaban J connectivity index is 1.53. The first-order valence-electron chi connectivity index (χ1n) is 12.4. The van der Waals surface area contributed by atoms with E-state index in [-0.39, 0.29) is 29.3 Å². The van der Waals surface area contributed by atoms with Crippen molar-refractivity contribution < 1.29 is 19.3 Å². The van der Waals surface area contributed by atoms with E-state index in [9.17, 15) is 9.59 Å². The monoisotopic (exact) mass is 491 g/mol. The van der Waals surface area contributed by atoms with Crippen LogP contribution in [-0.2, 0) is 14.5 Å². The predicted molar refractivity (Wildman–Crippen MR) is 142 cm³/mol. The zero-order valence-corrected chi connectivity index (χ0v) is 21.9. The molecule has 0 saturated heterocycles. The van der Waals surface area contributed by atoms with Gasteiger partial charge in [0.15, 0.2) is 0 Å². The Labute approximate surface area is 213 Å². The molecule has 2 unspecified atom stereocenters. The molecule has 0 aliphatic heterocycles. The van der Waals surface area contributed by atoms with E-state index in [1.54, 1.807) is 6.92 Å². The Hall–Kier alpha value is -3.48. The molecule has 36 heavy (non-hydrogen) atoms. The molecule has 0 spiro atoms. The zero-order valence-electron chi connectivity index (χ0n) is 21.9. The van der Waals surface area contributed by atoms with E-state index in [4.69, 9.17) is 9.68 Å². The highest BCUT2D eigenvalue weighted by Gasteiger charge is 2.42. The molecule has 1 saturated carbocycles. The van der Waals surface area contributed by atoms with Crippen LogP contribution in [0.1, 0.15) is 77.8 Å². The van der Waals surface area contributed by atoms with E-state index in [1.165, 1.54) is 0 Å². The second kappa shape index (κ2) is 12.0. The first kappa shape index (κ1) is 27.1. The Morgan fingerprint density at radius 3 is 1.94 bits per heavy atom. The molecule has 1 aliphatic carbocycles. The fourth-order valence-electron chi connectivity index (χ4n) is 5.26. The van der Waals surface area contributed by atoms with Crippen molar-refractivity contribution in [2.24, 2.45) is 21.1 Å². The van der Waals surface area contributed by atoms with Gasteiger partial charge < -0.3 is 10.2 Å². The predicted octanol–water partition coefficient (Wildman–Crippen LogP) is 6.47. The fraction of sp³-hybridized carbons (Fsp3) is 0.448. The molecule has 0 aromatic heterocycles. The number of oxime groups is 2. The molecular weight excluding hydrogens is 454 g/mol. The van der Waals surface area contributed by atoms with Crippen LogP contribution in [0.25, 0.3) is 0 Å². The Bertz CT molecular complexity index is 1100. The normalized spacial score (nSPS) is 22.0. The number of benzene rings is 2. The van der Waals surface area contributed by atoms with Crippen molar-refractivity contribution >= 4 is 23.5 Å². The van der Waals surface area contributed by atoms with Crippen LogP contribution < -0.4 is 5.32 Å². The lowest BCUT2D eigenvalue weighted by Crippen LogP contribution is -2.47. The number of nitrogens with one attached hydrogen (secondary N) is 1. The van der Waals surface area contributed by atoms with E-state index in [1.807, 2.05) is 67.6 Å². The summed E-state index contributed by atoms with van der Waals surface area (Å²) in [4.78, 5) is 35.2. The van der Waals surface area contributed by atoms with Gasteiger partial charge in [-0.3, -0.25) is 4.84 Å². The van der Waals surface area contributed by atoms with E-state index in [0.29, 0.717) is 17.8 Å². The Morgan fingerprint density at radius 1 is 0.861 bits per heavy atom. The Morgan fingerprint density at radius 2 is 1.39 bits per heavy atom. The van der Waals surface area contributed by atoms with Gasteiger partial charge in [-0.05, 0) is 61.5 Å². The van der Waals surface area contributed by atoms with E-state index in [2.05, 4.69) is 36.4 Å². The summed E-state index contributed by atoms with van der Waals surface area (Å²) in [6.45, 7) is 10.2. The minimum atomic E-state index is -0.569. The van der Waals surface area contributed by atoms with Gasteiger partial charge in [-0.1, -0.05) is 91.7 Å². The van der Waals surface area contributed by atoms with Gasteiger partial charge in [0.05, 0.1) is 11.4 Å². The third kappa shape index (κ3) is 8.33. The third-order valence-electron chi connectivity index (χ3n) is 6.63. The van der Waals surface area contributed by atoms with E-state index in [0.717, 1.165) is 30.4 Å². The number of hydrogen-bond donors (Lipinski definition) is 1. The van der Waals surface area contributed by atoms with Crippen LogP contribution in [0.5, 0.6) is 0 Å². The van der Waals surface area contributed by atoms with Crippen molar-refractivity contribution in [1.29, 1.82) is 0 Å². The molecule has 1 amide bonds. The lowest BCUT2D eigenvalue weighted by atomic mass is 9.61. The Kier molecular flexibility index (Phi) is 9.02. The molecule has 2 atom stereocenters. The van der Waals surface area contributed by atoms with Crippen molar-refractivity contribution in [3.8, 4) is 0 Å². The standard InChI is InChI=1S/C29H37N3O4/c1-21(23-12-8-6-9-13-23)31-35-26(33)16-17-29(5)19-25(18-28(3,4)20-29)30-27(34)36-32-22(2)24-14-10-7-11-15-24/h6-15,25H,16-20H2,1-5H3,(H,30,34)/b31-21+,32-22+. The minimum absolute atomic E-state index is 0.000124. The van der Waals surface area contributed by atoms with Crippen molar-refractivity contribution in [2.45, 2.75) is 72.8 Å². The largest absolute Gasteiger partial charge is 0.433 e. The molecule has 0 heterocycles. The average molecular weight is 492 g/mol. The van der Waals surface area contributed by atoms with Gasteiger partial charge in [-0.15, -0.1) is 0 Å². The first-order chi connectivity index (χ1) is 17.1. The van der Waals surface area contributed by atoms with Crippen LogP contribution in [-0.4, -0.2) is 29.5 Å². The van der Waals surface area contributed by atoms with E-state index >= 15 is 0 Å². The van der Waals surface area contributed by atoms with Gasteiger partial charge in [-0.2, -0.15) is 0 Å². The summed E-state index contributed by atoms with van der Waals surface area (Å²) in [6, 6.07) is 19.1. The molecular formula is C29H37N3O4. The van der Waals surface area contributed by atoms with Crippen LogP contribution >= 0.6 is 0 Å². The minimum Gasteiger partial charge on any atom is -0.318 e. The number of carbonyl (C=O) groups is 2. The van der Waals surface area contributed by atoms with Gasteiger partial charge in [0.1, 0.15) is 0 Å². The highest BCUT2D eigenvalue weighted by atomic mass is 16.7. The number of carbonyl (C=O) groups excluding carboxylic acids is 2. The summed E-state index contributed by atoms with van der Waals surface area (Å²) in [5.74, 6) is -0.357. The summed E-state index contributed by atoms with van der Waals surface area (Å²) in [6.07, 6.45) is 2.85. The van der Waals surface area contributed by atoms with Crippen molar-refractivity contribution in [3.05, 3.63) is 71.8 Å². The van der Waals surface area contributed by atoms with Gasteiger partial charge in [0.2, 0.25) is 0 Å². The summed E-state index contributed by atoms with van der Waals surface area (Å²) in [7, 11) is 0. The topological polar surface area (TPSA) is 89.3 Å². The lowest BCUT2D eigenvalue weighted by Gasteiger charge is -2.46. The molecule has 2 aromatic carbocycles. The zero-order chi connectivity index (χ0) is 26.2. The van der Waals surface area contributed by atoms with Crippen LogP contribution in [0.15, 0.2) is 71.0 Å². The third-order valence-corrected chi connectivity index (χ3v) is 6.63. The molecule has 1 aliphatic rings. The van der Waals surface area contributed by atoms with Gasteiger partial charge in [0, 0.05) is 12.5 Å². The van der Waals surface area contributed by atoms with Crippen LogP contribution in [0, 0.1) is 10.8 Å². The van der Waals surface area contributed by atoms with E-state index < -0.39 is 6.09 Å². The molecule has 0 radical (unpaired) electrons. The van der Waals surface area contributed by atoms with Crippen molar-refractivity contribution in [3.63, 3.8) is 0 Å². The molecule has 7 nitrogen and oxygen atoms in total. The quantitative estimate of drug-likeness (QED) is 0.260. The molecule has 2 aromatic rings. The number of rotatable bonds is 8.